The van der Waals surface area contributed by atoms with Gasteiger partial charge in [-0.1, -0.05) is 19.1 Å². The third kappa shape index (κ3) is 2.49. The molecule has 3 heterocycles. The first-order valence-corrected chi connectivity index (χ1v) is 9.88. The molecule has 7 nitrogen and oxygen atoms in total. The minimum atomic E-state index is -3.70. The van der Waals surface area contributed by atoms with Gasteiger partial charge in [-0.05, 0) is 25.0 Å². The van der Waals surface area contributed by atoms with E-state index in [1.54, 1.807) is 46.9 Å². The highest BCUT2D eigenvalue weighted by Gasteiger charge is 2.36. The fourth-order valence-electron chi connectivity index (χ4n) is 2.68. The van der Waals surface area contributed by atoms with Crippen molar-refractivity contribution in [2.45, 2.75) is 31.2 Å². The van der Waals surface area contributed by atoms with Gasteiger partial charge < -0.3 is 0 Å². The third-order valence-electron chi connectivity index (χ3n) is 3.71. The maximum atomic E-state index is 12.2. The van der Waals surface area contributed by atoms with E-state index in [0.29, 0.717) is 12.2 Å². The van der Waals surface area contributed by atoms with Gasteiger partial charge in [-0.2, -0.15) is 13.4 Å². The van der Waals surface area contributed by atoms with Crippen molar-refractivity contribution < 1.29 is 8.42 Å². The fourth-order valence-corrected chi connectivity index (χ4v) is 4.68. The summed E-state index contributed by atoms with van der Waals surface area (Å²) in [6.45, 7) is 2.64. The van der Waals surface area contributed by atoms with Crippen molar-refractivity contribution in [3.63, 3.8) is 0 Å². The summed E-state index contributed by atoms with van der Waals surface area (Å²) in [5.74, 6) is 0.165. The summed E-state index contributed by atoms with van der Waals surface area (Å²) in [4.78, 5) is 8.95. The van der Waals surface area contributed by atoms with Crippen molar-refractivity contribution in [3.05, 3.63) is 40.3 Å². The van der Waals surface area contributed by atoms with Gasteiger partial charge in [-0.15, -0.1) is 15.7 Å². The first kappa shape index (κ1) is 15.3. The zero-order chi connectivity index (χ0) is 16.7. The van der Waals surface area contributed by atoms with Crippen LogP contribution in [0.1, 0.15) is 24.0 Å². The molecule has 0 radical (unpaired) electrons. The predicted octanol–water partition coefficient (Wildman–Crippen LogP) is 2.42. The molecule has 0 atom stereocenters. The van der Waals surface area contributed by atoms with Gasteiger partial charge in [0.1, 0.15) is 11.2 Å². The lowest BCUT2D eigenvalue weighted by Crippen LogP contribution is -2.42. The number of hydrogen-bond donors (Lipinski definition) is 0. The van der Waals surface area contributed by atoms with Crippen molar-refractivity contribution in [2.75, 3.05) is 5.01 Å². The van der Waals surface area contributed by atoms with Gasteiger partial charge in [0.25, 0.3) is 16.0 Å². The predicted molar refractivity (Wildman–Crippen MR) is 93.7 cm³/mol. The van der Waals surface area contributed by atoms with Crippen molar-refractivity contribution in [2.24, 2.45) is 9.39 Å². The Morgan fingerprint density at radius 1 is 1.25 bits per heavy atom. The van der Waals surface area contributed by atoms with Gasteiger partial charge in [0.2, 0.25) is 0 Å². The highest BCUT2D eigenvalue weighted by atomic mass is 32.2. The average molecular weight is 361 g/mol. The van der Waals surface area contributed by atoms with E-state index in [4.69, 9.17) is 0 Å². The molecular weight excluding hydrogens is 346 g/mol. The summed E-state index contributed by atoms with van der Waals surface area (Å²) in [7, 11) is -3.70. The third-order valence-corrected chi connectivity index (χ3v) is 5.98. The lowest BCUT2D eigenvalue weighted by Gasteiger charge is -2.31. The Kier molecular flexibility index (Phi) is 3.61. The van der Waals surface area contributed by atoms with Crippen molar-refractivity contribution in [1.29, 1.82) is 0 Å². The van der Waals surface area contributed by atoms with Crippen LogP contribution in [-0.4, -0.2) is 30.7 Å². The van der Waals surface area contributed by atoms with E-state index >= 15 is 0 Å². The molecule has 0 saturated carbocycles. The molecule has 9 heteroatoms. The Bertz CT molecular complexity index is 948. The second-order valence-corrected chi connectivity index (χ2v) is 7.99. The minimum Gasteiger partial charge on any atom is -0.261 e. The van der Waals surface area contributed by atoms with E-state index in [2.05, 4.69) is 21.3 Å². The molecule has 0 spiro atoms. The average Bonchev–Trinajstić information content (AvgIpc) is 3.15. The lowest BCUT2D eigenvalue weighted by atomic mass is 10.3. The molecule has 1 aromatic carbocycles. The van der Waals surface area contributed by atoms with E-state index in [-0.39, 0.29) is 10.9 Å². The molecule has 0 aliphatic carbocycles. The second kappa shape index (κ2) is 5.67. The number of benzene rings is 1. The zero-order valence-corrected chi connectivity index (χ0v) is 14.6. The Balaban J connectivity index is 1.67. The van der Waals surface area contributed by atoms with E-state index in [0.717, 1.165) is 23.5 Å². The van der Waals surface area contributed by atoms with Crippen molar-refractivity contribution in [1.82, 2.24) is 9.99 Å². The van der Waals surface area contributed by atoms with Crippen LogP contribution in [0.3, 0.4) is 0 Å². The summed E-state index contributed by atoms with van der Waals surface area (Å²) >= 11 is 1.65. The van der Waals surface area contributed by atoms with E-state index in [1.165, 1.54) is 0 Å². The monoisotopic (exact) mass is 361 g/mol. The molecule has 2 aliphatic rings. The topological polar surface area (TPSA) is 78.2 Å². The van der Waals surface area contributed by atoms with Crippen LogP contribution >= 0.6 is 11.3 Å². The number of fused-ring (bicyclic) bond motifs is 3. The van der Waals surface area contributed by atoms with E-state index in [9.17, 15) is 8.42 Å². The number of guanidine groups is 1. The maximum absolute atomic E-state index is 12.2. The molecule has 4 rings (SSSR count). The molecule has 0 saturated heterocycles. The number of rotatable bonds is 4. The van der Waals surface area contributed by atoms with Crippen LogP contribution in [-0.2, 0) is 23.0 Å². The largest absolute Gasteiger partial charge is 0.287 e. The number of thiazole rings is 1. The van der Waals surface area contributed by atoms with Crippen LogP contribution in [0.25, 0.3) is 0 Å². The molecule has 0 bridgehead atoms. The normalized spacial score (nSPS) is 17.6. The van der Waals surface area contributed by atoms with E-state index < -0.39 is 10.0 Å². The van der Waals surface area contributed by atoms with Crippen LogP contribution in [0.2, 0.25) is 0 Å². The number of para-hydroxylation sites is 1. The Morgan fingerprint density at radius 3 is 2.92 bits per heavy atom. The molecule has 2 aromatic rings. The number of nitrogens with zero attached hydrogens (tertiary/aromatic N) is 5. The minimum absolute atomic E-state index is 0.165. The van der Waals surface area contributed by atoms with Crippen molar-refractivity contribution in [3.8, 4) is 0 Å². The molecule has 124 valence electrons. The molecule has 2 aliphatic heterocycles. The molecule has 0 amide bonds. The van der Waals surface area contributed by atoms with Crippen LogP contribution in [0, 0.1) is 0 Å². The molecule has 0 N–H and O–H groups in total. The Morgan fingerprint density at radius 2 is 2.08 bits per heavy atom. The van der Waals surface area contributed by atoms with Gasteiger partial charge in [-0.25, -0.2) is 9.99 Å². The van der Waals surface area contributed by atoms with Gasteiger partial charge >= 0.3 is 0 Å². The number of aliphatic imine (C=N–C) groups is 1. The Labute approximate surface area is 144 Å². The summed E-state index contributed by atoms with van der Waals surface area (Å²) in [6, 6.07) is 6.81. The quantitative estimate of drug-likeness (QED) is 0.836. The summed E-state index contributed by atoms with van der Waals surface area (Å²) < 4.78 is 28.3. The number of aryl methyl sites for hydroxylation is 1. The maximum Gasteiger partial charge on any atom is 0.287 e. The number of anilines is 1. The molecule has 24 heavy (non-hydrogen) atoms. The standard InChI is InChI=1S/C15H15N5O2S2/c1-2-5-14-17-11(9-23-14)8-19-10-16-15-18-24(21,22)13-7-4-3-6-12(13)20(15)19/h3-4,6-7,9-10H,2,5,8H2,1H3. The molecular formula is C15H15N5O2S2. The number of sulfonamides is 1. The summed E-state index contributed by atoms with van der Waals surface area (Å²) in [5, 5.41) is 6.69. The molecule has 1 aromatic heterocycles. The van der Waals surface area contributed by atoms with E-state index in [1.807, 2.05) is 10.4 Å². The van der Waals surface area contributed by atoms with Gasteiger partial charge in [-0.3, -0.25) is 5.01 Å². The van der Waals surface area contributed by atoms with Gasteiger partial charge in [0.15, 0.2) is 0 Å². The summed E-state index contributed by atoms with van der Waals surface area (Å²) in [6.07, 6.45) is 3.62. The SMILES string of the molecule is CCCc1nc(CN2C=NC3=NS(=O)(=O)c4ccccc4N32)cs1. The number of aromatic nitrogens is 1. The van der Waals surface area contributed by atoms with Crippen molar-refractivity contribution >= 4 is 39.3 Å². The smallest absolute Gasteiger partial charge is 0.261 e. The number of hydrogen-bond acceptors (Lipinski definition) is 7. The number of hydrazine groups is 1. The fraction of sp³-hybridized carbons (Fsp3) is 0.267. The van der Waals surface area contributed by atoms with Crippen LogP contribution in [0.5, 0.6) is 0 Å². The summed E-state index contributed by atoms with van der Waals surface area (Å²) in [5.41, 5.74) is 1.49. The molecule has 0 unspecified atom stereocenters. The first-order valence-electron chi connectivity index (χ1n) is 7.56. The van der Waals surface area contributed by atoms with Crippen LogP contribution in [0.4, 0.5) is 5.69 Å². The first-order chi connectivity index (χ1) is 11.6. The highest BCUT2D eigenvalue weighted by molar-refractivity contribution is 7.90. The molecule has 0 fully saturated rings. The Hall–Kier alpha value is -2.26. The van der Waals surface area contributed by atoms with Crippen LogP contribution < -0.4 is 5.01 Å². The van der Waals surface area contributed by atoms with Crippen LogP contribution in [0.15, 0.2) is 43.9 Å². The zero-order valence-electron chi connectivity index (χ0n) is 13.0. The lowest BCUT2D eigenvalue weighted by molar-refractivity contribution is 0.447. The van der Waals surface area contributed by atoms with Gasteiger partial charge in [0.05, 0.1) is 22.9 Å². The van der Waals surface area contributed by atoms with Gasteiger partial charge in [0, 0.05) is 5.38 Å². The highest BCUT2D eigenvalue weighted by Crippen LogP contribution is 2.34. The second-order valence-electron chi connectivity index (χ2n) is 5.47.